The Balaban J connectivity index is 2.20. The maximum absolute atomic E-state index is 12.9. The zero-order valence-electron chi connectivity index (χ0n) is 13.0. The fourth-order valence-corrected chi connectivity index (χ4v) is 4.62. The van der Waals surface area contributed by atoms with Crippen LogP contribution in [-0.2, 0) is 14.8 Å². The third-order valence-corrected chi connectivity index (χ3v) is 6.00. The fourth-order valence-electron chi connectivity index (χ4n) is 2.46. The van der Waals surface area contributed by atoms with Gasteiger partial charge in [-0.3, -0.25) is 0 Å². The average Bonchev–Trinajstić information content (AvgIpc) is 2.99. The van der Waals surface area contributed by atoms with Crippen molar-refractivity contribution in [1.82, 2.24) is 3.97 Å². The summed E-state index contributed by atoms with van der Waals surface area (Å²) < 4.78 is 32.2. The maximum Gasteiger partial charge on any atom is 0.337 e. The van der Waals surface area contributed by atoms with Crippen molar-refractivity contribution in [3.05, 3.63) is 64.3 Å². The van der Waals surface area contributed by atoms with E-state index in [-0.39, 0.29) is 4.90 Å². The van der Waals surface area contributed by atoms with Crippen LogP contribution in [0.3, 0.4) is 0 Å². The topological polar surface area (TPSA) is 65.4 Å². The van der Waals surface area contributed by atoms with Gasteiger partial charge in [-0.2, -0.15) is 0 Å². The molecule has 3 aromatic rings. The summed E-state index contributed by atoms with van der Waals surface area (Å²) in [6.07, 6.45) is 1.48. The molecule has 5 nitrogen and oxygen atoms in total. The summed E-state index contributed by atoms with van der Waals surface area (Å²) >= 11 is 3.36. The highest BCUT2D eigenvalue weighted by Gasteiger charge is 2.21. The largest absolute Gasteiger partial charge is 0.465 e. The minimum absolute atomic E-state index is 0.203. The summed E-state index contributed by atoms with van der Waals surface area (Å²) in [5.41, 5.74) is 1.81. The van der Waals surface area contributed by atoms with Gasteiger partial charge in [0.15, 0.2) is 0 Å². The second-order valence-electron chi connectivity index (χ2n) is 5.32. The lowest BCUT2D eigenvalue weighted by molar-refractivity contribution is 0.0601. The van der Waals surface area contributed by atoms with E-state index in [4.69, 9.17) is 4.74 Å². The predicted molar refractivity (Wildman–Crippen MR) is 94.7 cm³/mol. The van der Waals surface area contributed by atoms with Crippen molar-refractivity contribution in [2.45, 2.75) is 11.8 Å². The summed E-state index contributed by atoms with van der Waals surface area (Å²) in [7, 11) is -2.43. The van der Waals surface area contributed by atoms with Gasteiger partial charge in [0, 0.05) is 16.1 Å². The minimum atomic E-state index is -3.73. The number of benzene rings is 2. The Morgan fingerprint density at radius 3 is 2.42 bits per heavy atom. The quantitative estimate of drug-likeness (QED) is 0.620. The molecule has 0 amide bonds. The van der Waals surface area contributed by atoms with Crippen molar-refractivity contribution in [3.8, 4) is 0 Å². The van der Waals surface area contributed by atoms with Gasteiger partial charge in [0.25, 0.3) is 10.0 Å². The highest BCUT2D eigenvalue weighted by Crippen LogP contribution is 2.30. The Bertz CT molecular complexity index is 1040. The van der Waals surface area contributed by atoms with E-state index in [9.17, 15) is 13.2 Å². The molecule has 3 rings (SSSR count). The lowest BCUT2D eigenvalue weighted by atomic mass is 10.1. The highest BCUT2D eigenvalue weighted by molar-refractivity contribution is 9.10. The molecule has 0 radical (unpaired) electrons. The molecule has 1 aromatic heterocycles. The molecular weight excluding hydrogens is 394 g/mol. The summed E-state index contributed by atoms with van der Waals surface area (Å²) in [5, 5.41) is 0.625. The Labute approximate surface area is 148 Å². The molecule has 0 unspecified atom stereocenters. The first-order valence-electron chi connectivity index (χ1n) is 7.06. The number of esters is 1. The first kappa shape index (κ1) is 16.7. The van der Waals surface area contributed by atoms with E-state index in [0.29, 0.717) is 20.9 Å². The minimum Gasteiger partial charge on any atom is -0.465 e. The molecule has 0 saturated carbocycles. The van der Waals surface area contributed by atoms with Gasteiger partial charge in [-0.1, -0.05) is 17.7 Å². The second kappa shape index (κ2) is 6.07. The number of aryl methyl sites for hydroxylation is 1. The number of carbonyl (C=O) groups excluding carboxylic acids is 1. The molecule has 0 aliphatic heterocycles. The van der Waals surface area contributed by atoms with Gasteiger partial charge < -0.3 is 4.74 Å². The van der Waals surface area contributed by atoms with Gasteiger partial charge in [0.1, 0.15) is 0 Å². The van der Waals surface area contributed by atoms with E-state index in [1.807, 2.05) is 6.92 Å². The third-order valence-electron chi connectivity index (χ3n) is 3.70. The number of aromatic nitrogens is 1. The average molecular weight is 408 g/mol. The standard InChI is InChI=1S/C17H14BrNO4S/c1-11-3-5-14(6-4-11)24(21,22)19-8-7-12-9-13(17(20)23-2)10-15(18)16(12)19/h3-10H,1-2H3. The molecule has 24 heavy (non-hydrogen) atoms. The first-order valence-corrected chi connectivity index (χ1v) is 9.29. The zero-order valence-corrected chi connectivity index (χ0v) is 15.4. The van der Waals surface area contributed by atoms with Crippen LogP contribution < -0.4 is 0 Å². The number of halogens is 1. The van der Waals surface area contributed by atoms with Crippen molar-refractivity contribution in [2.24, 2.45) is 0 Å². The number of nitrogens with zero attached hydrogens (tertiary/aromatic N) is 1. The Morgan fingerprint density at radius 1 is 1.12 bits per heavy atom. The van der Waals surface area contributed by atoms with Crippen LogP contribution in [0.2, 0.25) is 0 Å². The molecule has 0 N–H and O–H groups in total. The zero-order chi connectivity index (χ0) is 17.5. The van der Waals surface area contributed by atoms with Gasteiger partial charge in [-0.05, 0) is 53.2 Å². The normalized spacial score (nSPS) is 11.6. The lowest BCUT2D eigenvalue weighted by Crippen LogP contribution is -2.12. The Morgan fingerprint density at radius 2 is 1.79 bits per heavy atom. The van der Waals surface area contributed by atoms with Crippen molar-refractivity contribution in [2.75, 3.05) is 7.11 Å². The lowest BCUT2D eigenvalue weighted by Gasteiger charge is -2.10. The third kappa shape index (κ3) is 2.74. The SMILES string of the molecule is COC(=O)c1cc(Br)c2c(ccn2S(=O)(=O)c2ccc(C)cc2)c1. The van der Waals surface area contributed by atoms with Crippen LogP contribution >= 0.6 is 15.9 Å². The van der Waals surface area contributed by atoms with Crippen LogP contribution in [0.15, 0.2) is 58.0 Å². The number of carbonyl (C=O) groups is 1. The van der Waals surface area contributed by atoms with Crippen molar-refractivity contribution in [3.63, 3.8) is 0 Å². The molecule has 0 saturated heterocycles. The molecule has 7 heteroatoms. The molecule has 2 aromatic carbocycles. The summed E-state index contributed by atoms with van der Waals surface area (Å²) in [4.78, 5) is 11.9. The Kier molecular flexibility index (Phi) is 4.23. The molecule has 1 heterocycles. The number of fused-ring (bicyclic) bond motifs is 1. The van der Waals surface area contributed by atoms with Gasteiger partial charge in [-0.15, -0.1) is 0 Å². The number of methoxy groups -OCH3 is 1. The molecule has 0 atom stereocenters. The van der Waals surface area contributed by atoms with Gasteiger partial charge >= 0.3 is 5.97 Å². The van der Waals surface area contributed by atoms with Crippen molar-refractivity contribution < 1.29 is 17.9 Å². The molecule has 0 spiro atoms. The van der Waals surface area contributed by atoms with E-state index in [0.717, 1.165) is 5.56 Å². The van der Waals surface area contributed by atoms with Gasteiger partial charge in [0.2, 0.25) is 0 Å². The van der Waals surface area contributed by atoms with E-state index in [1.165, 1.54) is 17.3 Å². The number of hydrogen-bond acceptors (Lipinski definition) is 4. The number of rotatable bonds is 3. The van der Waals surface area contributed by atoms with Crippen molar-refractivity contribution >= 4 is 42.8 Å². The predicted octanol–water partition coefficient (Wildman–Crippen LogP) is 3.74. The molecule has 124 valence electrons. The Hall–Kier alpha value is -2.12. The van der Waals surface area contributed by atoms with E-state index in [1.54, 1.807) is 42.5 Å². The summed E-state index contributed by atoms with van der Waals surface area (Å²) in [5.74, 6) is -0.480. The molecular formula is C17H14BrNO4S. The first-order chi connectivity index (χ1) is 11.3. The number of hydrogen-bond donors (Lipinski definition) is 0. The molecule has 0 bridgehead atoms. The smallest absolute Gasteiger partial charge is 0.337 e. The maximum atomic E-state index is 12.9. The van der Waals surface area contributed by atoms with Crippen LogP contribution in [0.1, 0.15) is 15.9 Å². The molecule has 0 aliphatic rings. The monoisotopic (exact) mass is 407 g/mol. The van der Waals surface area contributed by atoms with Crippen LogP contribution in [0.5, 0.6) is 0 Å². The highest BCUT2D eigenvalue weighted by atomic mass is 79.9. The van der Waals surface area contributed by atoms with Crippen LogP contribution in [0, 0.1) is 6.92 Å². The number of ether oxygens (including phenoxy) is 1. The van der Waals surface area contributed by atoms with E-state index < -0.39 is 16.0 Å². The van der Waals surface area contributed by atoms with Crippen LogP contribution in [0.4, 0.5) is 0 Å². The van der Waals surface area contributed by atoms with E-state index in [2.05, 4.69) is 15.9 Å². The van der Waals surface area contributed by atoms with Gasteiger partial charge in [-0.25, -0.2) is 17.2 Å². The van der Waals surface area contributed by atoms with Gasteiger partial charge in [0.05, 0.1) is 23.1 Å². The molecule has 0 fully saturated rings. The second-order valence-corrected chi connectivity index (χ2v) is 7.99. The summed E-state index contributed by atoms with van der Waals surface area (Å²) in [6.45, 7) is 1.90. The van der Waals surface area contributed by atoms with Crippen molar-refractivity contribution in [1.29, 1.82) is 0 Å². The summed E-state index contributed by atoms with van der Waals surface area (Å²) in [6, 6.07) is 11.5. The van der Waals surface area contributed by atoms with Crippen LogP contribution in [0.25, 0.3) is 10.9 Å². The molecule has 0 aliphatic carbocycles. The fraction of sp³-hybridized carbons (Fsp3) is 0.118. The van der Waals surface area contributed by atoms with E-state index >= 15 is 0 Å². The van der Waals surface area contributed by atoms with Crippen LogP contribution in [-0.4, -0.2) is 25.5 Å².